The van der Waals surface area contributed by atoms with E-state index >= 15 is 0 Å². The van der Waals surface area contributed by atoms with Crippen LogP contribution in [0.25, 0.3) is 0 Å². The molecule has 4 atom stereocenters. The maximum atomic E-state index is 14.6. The Balaban J connectivity index is 1.94. The van der Waals surface area contributed by atoms with E-state index < -0.39 is 101 Å². The molecule has 0 bridgehead atoms. The van der Waals surface area contributed by atoms with Gasteiger partial charge >= 0.3 is 24.2 Å². The van der Waals surface area contributed by atoms with E-state index in [1.54, 1.807) is 117 Å². The number of piperidine rings is 1. The van der Waals surface area contributed by atoms with Crippen LogP contribution in [-0.4, -0.2) is 133 Å². The molecule has 7 amide bonds. The molecule has 2 aromatic rings. The van der Waals surface area contributed by atoms with E-state index in [1.807, 2.05) is 6.07 Å². The number of alkyl halides is 1. The normalized spacial score (nSPS) is 15.2. The second kappa shape index (κ2) is 28.7. The summed E-state index contributed by atoms with van der Waals surface area (Å²) in [6.07, 6.45) is -0.532. The maximum Gasteiger partial charge on any atom is 0.408 e. The van der Waals surface area contributed by atoms with E-state index in [2.05, 4.69) is 31.9 Å². The number of alkyl carbamates (subject to hydrolysis) is 3. The van der Waals surface area contributed by atoms with Crippen LogP contribution < -0.4 is 31.9 Å². The molecule has 1 fully saturated rings. The number of unbranched alkanes of at least 4 members (excludes halogenated alkanes) is 3. The minimum atomic E-state index is -1.51. The molecule has 4 unspecified atom stereocenters. The first-order valence-corrected chi connectivity index (χ1v) is 25.1. The Morgan fingerprint density at radius 3 is 1.51 bits per heavy atom. The molecule has 2 aromatic carbocycles. The van der Waals surface area contributed by atoms with Gasteiger partial charge in [0.05, 0.1) is 13.8 Å². The Labute approximate surface area is 429 Å². The Hall–Kier alpha value is -6.47. The molecule has 406 valence electrons. The van der Waals surface area contributed by atoms with Gasteiger partial charge in [-0.25, -0.2) is 19.2 Å². The van der Waals surface area contributed by atoms with Crippen molar-refractivity contribution in [2.75, 3.05) is 33.4 Å². The van der Waals surface area contributed by atoms with Gasteiger partial charge in [-0.1, -0.05) is 73.5 Å². The summed E-state index contributed by atoms with van der Waals surface area (Å²) in [6, 6.07) is 13.0. The Bertz CT molecular complexity index is 2120. The van der Waals surface area contributed by atoms with Crippen molar-refractivity contribution < 1.29 is 61.7 Å². The van der Waals surface area contributed by atoms with Crippen molar-refractivity contribution in [3.63, 3.8) is 0 Å². The van der Waals surface area contributed by atoms with Crippen LogP contribution in [0.5, 0.6) is 0 Å². The van der Waals surface area contributed by atoms with E-state index in [-0.39, 0.29) is 64.6 Å². The third-order valence-corrected chi connectivity index (χ3v) is 11.4. The number of benzene rings is 2. The van der Waals surface area contributed by atoms with Crippen molar-refractivity contribution in [1.82, 2.24) is 36.8 Å². The van der Waals surface area contributed by atoms with Crippen molar-refractivity contribution >= 4 is 47.9 Å². The predicted molar refractivity (Wildman–Crippen MR) is 272 cm³/mol. The Kier molecular flexibility index (Phi) is 23.9. The number of nitrogens with one attached hydrogen (secondary N) is 6. The zero-order valence-electron chi connectivity index (χ0n) is 44.4. The first-order valence-electron chi connectivity index (χ1n) is 25.1. The molecule has 0 aromatic heterocycles. The maximum absolute atomic E-state index is 14.6. The summed E-state index contributed by atoms with van der Waals surface area (Å²) in [7, 11) is 1.19. The minimum Gasteiger partial charge on any atom is -0.467 e. The highest BCUT2D eigenvalue weighted by atomic mass is 19.1. The number of hydrogen-bond donors (Lipinski definition) is 6. The van der Waals surface area contributed by atoms with Gasteiger partial charge in [0.2, 0.25) is 23.6 Å². The fourth-order valence-electron chi connectivity index (χ4n) is 7.91. The van der Waals surface area contributed by atoms with Gasteiger partial charge in [-0.15, -0.1) is 0 Å². The summed E-state index contributed by atoms with van der Waals surface area (Å²) in [4.78, 5) is 111. The third kappa shape index (κ3) is 22.9. The van der Waals surface area contributed by atoms with Gasteiger partial charge in [-0.05, 0) is 118 Å². The molecule has 3 rings (SSSR count). The number of amides is 7. The van der Waals surface area contributed by atoms with E-state index in [0.717, 1.165) is 5.56 Å². The zero-order chi connectivity index (χ0) is 54.4. The Morgan fingerprint density at radius 2 is 1.00 bits per heavy atom. The molecule has 20 heteroatoms. The van der Waals surface area contributed by atoms with E-state index in [4.69, 9.17) is 18.9 Å². The van der Waals surface area contributed by atoms with Crippen molar-refractivity contribution in [2.24, 2.45) is 0 Å². The molecule has 19 nitrogen and oxygen atoms in total. The van der Waals surface area contributed by atoms with Crippen LogP contribution in [0.2, 0.25) is 0 Å². The molecule has 6 N–H and O–H groups in total. The number of likely N-dealkylation sites (tertiary alicyclic amines) is 1. The molecule has 0 saturated carbocycles. The molecule has 0 aliphatic carbocycles. The summed E-state index contributed by atoms with van der Waals surface area (Å²) >= 11 is 0. The van der Waals surface area contributed by atoms with Gasteiger partial charge in [-0.2, -0.15) is 0 Å². The molecule has 1 aliphatic rings. The van der Waals surface area contributed by atoms with Crippen LogP contribution in [0, 0.1) is 0 Å². The summed E-state index contributed by atoms with van der Waals surface area (Å²) in [5.74, 6) is -3.36. The number of hydrogen-bond acceptors (Lipinski definition) is 12. The molecule has 1 saturated heterocycles. The highest BCUT2D eigenvalue weighted by Crippen LogP contribution is 2.26. The molecule has 73 heavy (non-hydrogen) atoms. The summed E-state index contributed by atoms with van der Waals surface area (Å²) in [5.41, 5.74) is -2.56. The molecular formula is C53H80FN7O12. The largest absolute Gasteiger partial charge is 0.467 e. The number of esters is 1. The number of ether oxygens (including phenoxy) is 4. The van der Waals surface area contributed by atoms with Crippen LogP contribution >= 0.6 is 0 Å². The van der Waals surface area contributed by atoms with E-state index in [0.29, 0.717) is 31.2 Å². The van der Waals surface area contributed by atoms with Crippen molar-refractivity contribution in [3.05, 3.63) is 71.8 Å². The fraction of sp³-hybridized carbons (Fsp3) is 0.623. The standard InChI is InChI=1S/C53H80FN7O12/c1-50(2,3)71-47(67)55-31-21-19-27-39(45(65)61-32-28-53(29-33-61,46(66)70-10)60-49(69)73-52(7,8)9)57-42(62)38(26-18-13-20-30-54)56-43(63)40(34-36-22-14-11-15-23-36)58-44(64)41(35-37-24-16-12-17-25-37)59-48(68)72-51(4,5)6/h11-12,14-17,22-25,38-41H,13,18-21,26-35H2,1-10H3,(H,55,67)(H,56,63)(H,57,62)(H,58,64)(H,59,68)(H,60,69). The van der Waals surface area contributed by atoms with Crippen LogP contribution in [0.4, 0.5) is 18.8 Å². The van der Waals surface area contributed by atoms with Gasteiger partial charge in [0.25, 0.3) is 0 Å². The van der Waals surface area contributed by atoms with Gasteiger partial charge < -0.3 is 55.7 Å². The number of carbonyl (C=O) groups is 8. The van der Waals surface area contributed by atoms with Crippen molar-refractivity contribution in [2.45, 2.75) is 179 Å². The first kappa shape index (κ1) is 60.8. The molecule has 0 radical (unpaired) electrons. The minimum absolute atomic E-state index is 0.0116. The number of halogens is 1. The quantitative estimate of drug-likeness (QED) is 0.0397. The lowest BCUT2D eigenvalue weighted by Gasteiger charge is -2.41. The first-order chi connectivity index (χ1) is 34.2. The number of rotatable bonds is 24. The van der Waals surface area contributed by atoms with Crippen LogP contribution in [-0.2, 0) is 55.8 Å². The molecular weight excluding hydrogens is 946 g/mol. The van der Waals surface area contributed by atoms with Crippen LogP contribution in [0.1, 0.15) is 131 Å². The molecule has 1 aliphatic heterocycles. The SMILES string of the molecule is COC(=O)C1(NC(=O)OC(C)(C)C)CCN(C(=O)C(CCCCNC(=O)OC(C)(C)C)NC(=O)C(CCCCCF)NC(=O)C(Cc2ccccc2)NC(=O)C(Cc2ccccc2)NC(=O)OC(C)(C)C)CC1. The number of methoxy groups -OCH3 is 1. The fourth-order valence-corrected chi connectivity index (χ4v) is 7.91. The average molecular weight is 1030 g/mol. The summed E-state index contributed by atoms with van der Waals surface area (Å²) in [6.45, 7) is 14.9. The van der Waals surface area contributed by atoms with Crippen LogP contribution in [0.15, 0.2) is 60.7 Å². The van der Waals surface area contributed by atoms with Gasteiger partial charge in [0, 0.05) is 32.5 Å². The lowest BCUT2D eigenvalue weighted by atomic mass is 9.87. The third-order valence-electron chi connectivity index (χ3n) is 11.4. The second-order valence-electron chi connectivity index (χ2n) is 21.3. The van der Waals surface area contributed by atoms with Crippen LogP contribution in [0.3, 0.4) is 0 Å². The molecule has 1 heterocycles. The topological polar surface area (TPSA) is 249 Å². The average Bonchev–Trinajstić information content (AvgIpc) is 3.30. The van der Waals surface area contributed by atoms with Gasteiger partial charge in [0.15, 0.2) is 0 Å². The molecule has 0 spiro atoms. The predicted octanol–water partition coefficient (Wildman–Crippen LogP) is 6.10. The second-order valence-corrected chi connectivity index (χ2v) is 21.3. The smallest absolute Gasteiger partial charge is 0.408 e. The number of carbonyl (C=O) groups excluding carboxylic acids is 8. The Morgan fingerprint density at radius 1 is 0.562 bits per heavy atom. The highest BCUT2D eigenvalue weighted by Gasteiger charge is 2.46. The van der Waals surface area contributed by atoms with E-state index in [1.165, 1.54) is 12.0 Å². The zero-order valence-corrected chi connectivity index (χ0v) is 44.4. The highest BCUT2D eigenvalue weighted by molar-refractivity contribution is 5.96. The summed E-state index contributed by atoms with van der Waals surface area (Å²) < 4.78 is 34.6. The van der Waals surface area contributed by atoms with Gasteiger partial charge in [-0.3, -0.25) is 23.6 Å². The number of nitrogens with zero attached hydrogens (tertiary/aromatic N) is 1. The van der Waals surface area contributed by atoms with Gasteiger partial charge in [0.1, 0.15) is 46.5 Å². The monoisotopic (exact) mass is 1030 g/mol. The lowest BCUT2D eigenvalue weighted by molar-refractivity contribution is -0.153. The van der Waals surface area contributed by atoms with Crippen molar-refractivity contribution in [3.8, 4) is 0 Å². The van der Waals surface area contributed by atoms with E-state index in [9.17, 15) is 42.7 Å². The van der Waals surface area contributed by atoms with Crippen molar-refractivity contribution in [1.29, 1.82) is 0 Å². The summed E-state index contributed by atoms with van der Waals surface area (Å²) in [5, 5.41) is 16.5. The lowest BCUT2D eigenvalue weighted by Crippen LogP contribution is -2.63.